The number of fused-ring (bicyclic) bond motifs is 6. The predicted octanol–water partition coefficient (Wildman–Crippen LogP) is 16.4. The third-order valence-corrected chi connectivity index (χ3v) is 13.1. The number of hydrogen-bond donors (Lipinski definition) is 0. The van der Waals surface area contributed by atoms with Gasteiger partial charge in [-0.05, 0) is 104 Å². The number of furan rings is 1. The van der Waals surface area contributed by atoms with E-state index in [0.717, 1.165) is 77.8 Å². The molecule has 2 heterocycles. The lowest BCUT2D eigenvalue weighted by Crippen LogP contribution is -2.14. The average Bonchev–Trinajstić information content (AvgIpc) is 3.86. The van der Waals surface area contributed by atoms with E-state index in [1.165, 1.54) is 38.9 Å². The van der Waals surface area contributed by atoms with Crippen LogP contribution in [-0.2, 0) is 5.41 Å². The van der Waals surface area contributed by atoms with Crippen molar-refractivity contribution in [2.75, 3.05) is 0 Å². The van der Waals surface area contributed by atoms with E-state index in [2.05, 4.69) is 202 Å². The van der Waals surface area contributed by atoms with Crippen LogP contribution in [0.15, 0.2) is 223 Å². The first kappa shape index (κ1) is 37.6. The molecular weight excluding hydrogens is 777 g/mol. The van der Waals surface area contributed by atoms with Gasteiger partial charge in [-0.1, -0.05) is 190 Å². The Morgan fingerprint density at radius 2 is 0.844 bits per heavy atom. The summed E-state index contributed by atoms with van der Waals surface area (Å²) in [7, 11) is 0. The molecule has 1 aliphatic rings. The second kappa shape index (κ2) is 15.0. The Labute approximate surface area is 373 Å². The molecule has 302 valence electrons. The van der Waals surface area contributed by atoms with Crippen molar-refractivity contribution < 1.29 is 4.42 Å². The van der Waals surface area contributed by atoms with Gasteiger partial charge < -0.3 is 4.42 Å². The predicted molar refractivity (Wildman–Crippen MR) is 265 cm³/mol. The fourth-order valence-corrected chi connectivity index (χ4v) is 9.76. The smallest absolute Gasteiger partial charge is 0.160 e. The highest BCUT2D eigenvalue weighted by Gasteiger charge is 2.35. The summed E-state index contributed by atoms with van der Waals surface area (Å²) in [6.07, 6.45) is 0. The molecule has 3 heteroatoms. The van der Waals surface area contributed by atoms with Crippen molar-refractivity contribution in [3.05, 3.63) is 230 Å². The molecular formula is C61H42N2O. The molecule has 0 spiro atoms. The number of hydrogen-bond acceptors (Lipinski definition) is 3. The minimum Gasteiger partial charge on any atom is -0.455 e. The molecule has 0 atom stereocenters. The molecule has 9 aromatic carbocycles. The molecule has 0 aliphatic heterocycles. The van der Waals surface area contributed by atoms with Gasteiger partial charge in [0.25, 0.3) is 0 Å². The summed E-state index contributed by atoms with van der Waals surface area (Å²) in [5.41, 5.74) is 20.7. The highest BCUT2D eigenvalue weighted by Crippen LogP contribution is 2.50. The summed E-state index contributed by atoms with van der Waals surface area (Å²) in [6, 6.07) is 77.9. The van der Waals surface area contributed by atoms with Crippen molar-refractivity contribution in [1.82, 2.24) is 9.97 Å². The lowest BCUT2D eigenvalue weighted by atomic mass is 9.81. The second-order valence-corrected chi connectivity index (χ2v) is 17.4. The van der Waals surface area contributed by atoms with Crippen molar-refractivity contribution in [3.63, 3.8) is 0 Å². The van der Waals surface area contributed by atoms with Gasteiger partial charge in [-0.15, -0.1) is 0 Å². The Morgan fingerprint density at radius 1 is 0.328 bits per heavy atom. The summed E-state index contributed by atoms with van der Waals surface area (Å²) < 4.78 is 6.62. The zero-order chi connectivity index (χ0) is 42.8. The van der Waals surface area contributed by atoms with Crippen molar-refractivity contribution in [3.8, 4) is 89.5 Å². The molecule has 0 saturated carbocycles. The van der Waals surface area contributed by atoms with Gasteiger partial charge in [0.05, 0.1) is 11.4 Å². The zero-order valence-corrected chi connectivity index (χ0v) is 35.6. The molecule has 0 radical (unpaired) electrons. The Hall–Kier alpha value is -8.14. The van der Waals surface area contributed by atoms with Crippen molar-refractivity contribution >= 4 is 21.9 Å². The van der Waals surface area contributed by atoms with E-state index < -0.39 is 0 Å². The standard InChI is InChI=1S/C61H42N2O/c1-61(2)54-25-11-9-21-50(54)51-32-31-44(37-55(51)61)43-19-13-20-45(33-43)56-38-57(63-60(62-56)42-17-7-4-8-18-42)48-35-46(41-29-27-40(28-30-41)39-15-5-3-6-16-39)34-47(36-48)49-23-14-24-53-52-22-10-12-26-58(52)64-59(49)53/h3-38H,1-2H3. The van der Waals surface area contributed by atoms with E-state index in [9.17, 15) is 0 Å². The molecule has 0 bridgehead atoms. The molecule has 2 aromatic heterocycles. The SMILES string of the molecule is CC1(C)c2ccccc2-c2ccc(-c3cccc(-c4cc(-c5cc(-c6ccc(-c7ccccc7)cc6)cc(-c6cccc7c6oc6ccccc67)c5)nc(-c5ccccc5)n4)c3)cc21. The van der Waals surface area contributed by atoms with E-state index in [1.807, 2.05) is 30.3 Å². The maximum absolute atomic E-state index is 6.62. The highest BCUT2D eigenvalue weighted by molar-refractivity contribution is 6.10. The topological polar surface area (TPSA) is 38.9 Å². The van der Waals surface area contributed by atoms with Gasteiger partial charge >= 0.3 is 0 Å². The summed E-state index contributed by atoms with van der Waals surface area (Å²) in [6.45, 7) is 4.67. The Morgan fingerprint density at radius 3 is 1.66 bits per heavy atom. The van der Waals surface area contributed by atoms with Crippen LogP contribution in [0.3, 0.4) is 0 Å². The van der Waals surface area contributed by atoms with Crippen LogP contribution < -0.4 is 0 Å². The van der Waals surface area contributed by atoms with E-state index >= 15 is 0 Å². The lowest BCUT2D eigenvalue weighted by Gasteiger charge is -2.22. The van der Waals surface area contributed by atoms with Crippen molar-refractivity contribution in [2.24, 2.45) is 0 Å². The van der Waals surface area contributed by atoms with E-state index in [-0.39, 0.29) is 5.41 Å². The molecule has 0 fully saturated rings. The molecule has 0 amide bonds. The first-order chi connectivity index (χ1) is 31.4. The summed E-state index contributed by atoms with van der Waals surface area (Å²) in [5.74, 6) is 0.675. The summed E-state index contributed by atoms with van der Waals surface area (Å²) in [4.78, 5) is 10.6. The number of aromatic nitrogens is 2. The molecule has 0 unspecified atom stereocenters. The van der Waals surface area contributed by atoms with E-state index in [1.54, 1.807) is 0 Å². The third kappa shape index (κ3) is 6.44. The van der Waals surface area contributed by atoms with E-state index in [4.69, 9.17) is 14.4 Å². The zero-order valence-electron chi connectivity index (χ0n) is 35.6. The van der Waals surface area contributed by atoms with Gasteiger partial charge in [0.15, 0.2) is 5.82 Å². The molecule has 11 aromatic rings. The molecule has 12 rings (SSSR count). The maximum atomic E-state index is 6.62. The van der Waals surface area contributed by atoms with Gasteiger partial charge in [-0.3, -0.25) is 0 Å². The van der Waals surface area contributed by atoms with Crippen LogP contribution in [0, 0.1) is 0 Å². The maximum Gasteiger partial charge on any atom is 0.160 e. The fourth-order valence-electron chi connectivity index (χ4n) is 9.76. The molecule has 64 heavy (non-hydrogen) atoms. The Balaban J connectivity index is 1.02. The second-order valence-electron chi connectivity index (χ2n) is 17.4. The van der Waals surface area contributed by atoms with Crippen LogP contribution in [0.25, 0.3) is 111 Å². The molecule has 1 aliphatic carbocycles. The summed E-state index contributed by atoms with van der Waals surface area (Å²) >= 11 is 0. The fraction of sp³-hybridized carbons (Fsp3) is 0.0492. The van der Waals surface area contributed by atoms with Crippen LogP contribution in [0.5, 0.6) is 0 Å². The summed E-state index contributed by atoms with van der Waals surface area (Å²) in [5, 5.41) is 2.20. The Bertz CT molecular complexity index is 3560. The minimum atomic E-state index is -0.0844. The normalized spacial score (nSPS) is 12.7. The van der Waals surface area contributed by atoms with Gasteiger partial charge in [0.2, 0.25) is 0 Å². The number of nitrogens with zero attached hydrogens (tertiary/aromatic N) is 2. The van der Waals surface area contributed by atoms with Crippen LogP contribution in [0.1, 0.15) is 25.0 Å². The van der Waals surface area contributed by atoms with Gasteiger partial charge in [0, 0.05) is 38.4 Å². The molecule has 0 N–H and O–H groups in total. The first-order valence-electron chi connectivity index (χ1n) is 22.0. The monoisotopic (exact) mass is 818 g/mol. The van der Waals surface area contributed by atoms with Crippen LogP contribution >= 0.6 is 0 Å². The van der Waals surface area contributed by atoms with Crippen molar-refractivity contribution in [1.29, 1.82) is 0 Å². The van der Waals surface area contributed by atoms with Gasteiger partial charge in [0.1, 0.15) is 11.2 Å². The minimum absolute atomic E-state index is 0.0844. The number of rotatable bonds is 7. The van der Waals surface area contributed by atoms with Gasteiger partial charge in [-0.2, -0.15) is 0 Å². The first-order valence-corrected chi connectivity index (χ1v) is 22.0. The highest BCUT2D eigenvalue weighted by atomic mass is 16.3. The van der Waals surface area contributed by atoms with Crippen LogP contribution in [0.2, 0.25) is 0 Å². The van der Waals surface area contributed by atoms with Crippen molar-refractivity contribution in [2.45, 2.75) is 19.3 Å². The molecule has 0 saturated heterocycles. The number of para-hydroxylation sites is 2. The third-order valence-electron chi connectivity index (χ3n) is 13.1. The molecule has 3 nitrogen and oxygen atoms in total. The lowest BCUT2D eigenvalue weighted by molar-refractivity contribution is 0.660. The Kier molecular flexibility index (Phi) is 8.84. The largest absolute Gasteiger partial charge is 0.455 e. The van der Waals surface area contributed by atoms with Gasteiger partial charge in [-0.25, -0.2) is 9.97 Å². The van der Waals surface area contributed by atoms with E-state index in [0.29, 0.717) is 5.82 Å². The number of benzene rings is 9. The van der Waals surface area contributed by atoms with Crippen LogP contribution in [0.4, 0.5) is 0 Å². The average molecular weight is 819 g/mol. The quantitative estimate of drug-likeness (QED) is 0.161. The van der Waals surface area contributed by atoms with Crippen LogP contribution in [-0.4, -0.2) is 9.97 Å².